The van der Waals surface area contributed by atoms with E-state index in [4.69, 9.17) is 5.73 Å². The molecule has 146 valence electrons. The van der Waals surface area contributed by atoms with E-state index in [9.17, 15) is 4.79 Å². The van der Waals surface area contributed by atoms with Crippen LogP contribution in [-0.2, 0) is 4.79 Å². The maximum Gasteiger partial charge on any atom is 0.234 e. The minimum atomic E-state index is -0.287. The highest BCUT2D eigenvalue weighted by molar-refractivity contribution is 5.87. The normalized spacial score (nSPS) is 11.8. The van der Waals surface area contributed by atoms with Gasteiger partial charge in [0.05, 0.1) is 5.92 Å². The van der Waals surface area contributed by atoms with Crippen molar-refractivity contribution in [2.75, 3.05) is 6.54 Å². The minimum absolute atomic E-state index is 0.130. The molecule has 0 aliphatic rings. The molecule has 0 heterocycles. The fourth-order valence-electron chi connectivity index (χ4n) is 3.50. The molecule has 0 aliphatic heterocycles. The van der Waals surface area contributed by atoms with E-state index in [1.54, 1.807) is 0 Å². The van der Waals surface area contributed by atoms with E-state index < -0.39 is 0 Å². The van der Waals surface area contributed by atoms with Gasteiger partial charge in [-0.15, -0.1) is 0 Å². The lowest BCUT2D eigenvalue weighted by Crippen LogP contribution is -2.46. The van der Waals surface area contributed by atoms with Gasteiger partial charge in [-0.25, -0.2) is 0 Å². The first-order valence-electron chi connectivity index (χ1n) is 10.1. The summed E-state index contributed by atoms with van der Waals surface area (Å²) in [5.74, 6) is -0.137. The molecule has 0 spiro atoms. The third kappa shape index (κ3) is 5.43. The van der Waals surface area contributed by atoms with Crippen molar-refractivity contribution in [1.82, 2.24) is 4.90 Å². The summed E-state index contributed by atoms with van der Waals surface area (Å²) in [5.41, 5.74) is 8.36. The van der Waals surface area contributed by atoms with Crippen LogP contribution in [0.2, 0.25) is 0 Å². The molecule has 0 saturated heterocycles. The smallest absolute Gasteiger partial charge is 0.234 e. The lowest BCUT2D eigenvalue weighted by molar-refractivity contribution is -0.133. The van der Waals surface area contributed by atoms with Gasteiger partial charge in [-0.05, 0) is 44.2 Å². The number of amides is 1. The Bertz CT molecular complexity index is 653. The van der Waals surface area contributed by atoms with Gasteiger partial charge in [0, 0.05) is 18.1 Å². The molecular weight excluding hydrogens is 332 g/mol. The predicted molar refractivity (Wildman–Crippen MR) is 114 cm³/mol. The van der Waals surface area contributed by atoms with Crippen LogP contribution in [0, 0.1) is 0 Å². The molecule has 2 rings (SSSR count). The molecule has 3 nitrogen and oxygen atoms in total. The molecular formula is C24H34N2O. The van der Waals surface area contributed by atoms with Crippen LogP contribution < -0.4 is 5.73 Å². The zero-order valence-corrected chi connectivity index (χ0v) is 17.2. The van der Waals surface area contributed by atoms with Crippen LogP contribution in [0.3, 0.4) is 0 Å². The second-order valence-electron chi connectivity index (χ2n) is 7.70. The number of hydrogen-bond acceptors (Lipinski definition) is 2. The maximum absolute atomic E-state index is 13.7. The monoisotopic (exact) mass is 366 g/mol. The van der Waals surface area contributed by atoms with Crippen LogP contribution in [0.1, 0.15) is 64.0 Å². The first-order valence-corrected chi connectivity index (χ1v) is 10.1. The molecule has 2 N–H and O–H groups in total. The summed E-state index contributed by atoms with van der Waals surface area (Å²) < 4.78 is 0. The van der Waals surface area contributed by atoms with Crippen molar-refractivity contribution in [3.8, 4) is 0 Å². The van der Waals surface area contributed by atoms with Crippen molar-refractivity contribution < 1.29 is 4.79 Å². The maximum atomic E-state index is 13.7. The SMILES string of the molecule is CCC(N)(CC)CCN(C(=O)C(c1ccccc1)c1ccccc1)C(C)C. The summed E-state index contributed by atoms with van der Waals surface area (Å²) in [4.78, 5) is 15.7. The Morgan fingerprint density at radius 3 is 1.74 bits per heavy atom. The summed E-state index contributed by atoms with van der Waals surface area (Å²) in [6, 6.07) is 20.3. The van der Waals surface area contributed by atoms with Crippen molar-refractivity contribution in [3.63, 3.8) is 0 Å². The molecule has 0 fully saturated rings. The van der Waals surface area contributed by atoms with E-state index in [0.29, 0.717) is 6.54 Å². The summed E-state index contributed by atoms with van der Waals surface area (Å²) in [6.45, 7) is 9.11. The average molecular weight is 367 g/mol. The number of carbonyl (C=O) groups is 1. The lowest BCUT2D eigenvalue weighted by atomic mass is 9.88. The third-order valence-corrected chi connectivity index (χ3v) is 5.68. The highest BCUT2D eigenvalue weighted by Crippen LogP contribution is 2.28. The quantitative estimate of drug-likeness (QED) is 0.681. The Balaban J connectivity index is 2.33. The van der Waals surface area contributed by atoms with Gasteiger partial charge >= 0.3 is 0 Å². The van der Waals surface area contributed by atoms with E-state index in [-0.39, 0.29) is 23.4 Å². The Hall–Kier alpha value is -2.13. The molecule has 27 heavy (non-hydrogen) atoms. The molecule has 2 aromatic rings. The second kappa shape index (κ2) is 9.70. The number of nitrogens with zero attached hydrogens (tertiary/aromatic N) is 1. The molecule has 0 atom stereocenters. The molecule has 3 heteroatoms. The summed E-state index contributed by atoms with van der Waals surface area (Å²) in [7, 11) is 0. The van der Waals surface area contributed by atoms with Crippen LogP contribution in [-0.4, -0.2) is 28.9 Å². The predicted octanol–water partition coefficient (Wildman–Crippen LogP) is 4.96. The second-order valence-corrected chi connectivity index (χ2v) is 7.70. The Labute approximate surface area is 164 Å². The van der Waals surface area contributed by atoms with Gasteiger partial charge < -0.3 is 10.6 Å². The number of nitrogens with two attached hydrogens (primary N) is 1. The third-order valence-electron chi connectivity index (χ3n) is 5.68. The number of benzene rings is 2. The van der Waals surface area contributed by atoms with Crippen LogP contribution in [0.25, 0.3) is 0 Å². The Kier molecular flexibility index (Phi) is 7.61. The number of hydrogen-bond donors (Lipinski definition) is 1. The molecule has 0 bridgehead atoms. The van der Waals surface area contributed by atoms with Crippen molar-refractivity contribution in [3.05, 3.63) is 71.8 Å². The lowest BCUT2D eigenvalue weighted by Gasteiger charge is -2.35. The Morgan fingerprint density at radius 1 is 0.926 bits per heavy atom. The standard InChI is InChI=1S/C24H34N2O/c1-5-24(25,6-2)17-18-26(19(3)4)23(27)22(20-13-9-7-10-14-20)21-15-11-8-12-16-21/h7-16,19,22H,5-6,17-18,25H2,1-4H3. The van der Waals surface area contributed by atoms with Gasteiger partial charge in [-0.2, -0.15) is 0 Å². The number of carbonyl (C=O) groups excluding carboxylic acids is 1. The van der Waals surface area contributed by atoms with E-state index in [2.05, 4.69) is 27.7 Å². The molecule has 0 unspecified atom stereocenters. The van der Waals surface area contributed by atoms with Crippen molar-refractivity contribution in [1.29, 1.82) is 0 Å². The topological polar surface area (TPSA) is 46.3 Å². The number of rotatable bonds is 9. The largest absolute Gasteiger partial charge is 0.339 e. The van der Waals surface area contributed by atoms with Crippen LogP contribution in [0.15, 0.2) is 60.7 Å². The zero-order valence-electron chi connectivity index (χ0n) is 17.2. The van der Waals surface area contributed by atoms with Gasteiger partial charge in [0.2, 0.25) is 5.91 Å². The zero-order chi connectivity index (χ0) is 19.9. The van der Waals surface area contributed by atoms with Crippen molar-refractivity contribution in [2.24, 2.45) is 5.73 Å². The molecule has 0 saturated carbocycles. The summed E-state index contributed by atoms with van der Waals surface area (Å²) in [6.07, 6.45) is 2.66. The van der Waals surface area contributed by atoms with E-state index in [0.717, 1.165) is 30.4 Å². The van der Waals surface area contributed by atoms with Gasteiger partial charge in [-0.3, -0.25) is 4.79 Å². The minimum Gasteiger partial charge on any atom is -0.339 e. The van der Waals surface area contributed by atoms with Gasteiger partial charge in [0.15, 0.2) is 0 Å². The summed E-state index contributed by atoms with van der Waals surface area (Å²) in [5, 5.41) is 0. The molecule has 0 aromatic heterocycles. The molecule has 0 aliphatic carbocycles. The Morgan fingerprint density at radius 2 is 1.37 bits per heavy atom. The van der Waals surface area contributed by atoms with E-state index in [1.807, 2.05) is 65.6 Å². The van der Waals surface area contributed by atoms with Crippen LogP contribution in [0.5, 0.6) is 0 Å². The van der Waals surface area contributed by atoms with E-state index >= 15 is 0 Å². The fourth-order valence-corrected chi connectivity index (χ4v) is 3.50. The summed E-state index contributed by atoms with van der Waals surface area (Å²) >= 11 is 0. The average Bonchev–Trinajstić information content (AvgIpc) is 2.69. The van der Waals surface area contributed by atoms with Gasteiger partial charge in [0.1, 0.15) is 0 Å². The van der Waals surface area contributed by atoms with Crippen LogP contribution in [0.4, 0.5) is 0 Å². The van der Waals surface area contributed by atoms with E-state index in [1.165, 1.54) is 0 Å². The van der Waals surface area contributed by atoms with Crippen molar-refractivity contribution in [2.45, 2.75) is 64.5 Å². The first kappa shape index (κ1) is 21.2. The van der Waals surface area contributed by atoms with Crippen molar-refractivity contribution >= 4 is 5.91 Å². The van der Waals surface area contributed by atoms with Crippen LogP contribution >= 0.6 is 0 Å². The van der Waals surface area contributed by atoms with Gasteiger partial charge in [-0.1, -0.05) is 74.5 Å². The highest BCUT2D eigenvalue weighted by Gasteiger charge is 2.30. The first-order chi connectivity index (χ1) is 12.9. The van der Waals surface area contributed by atoms with Gasteiger partial charge in [0.25, 0.3) is 0 Å². The molecule has 0 radical (unpaired) electrons. The fraction of sp³-hybridized carbons (Fsp3) is 0.458. The highest BCUT2D eigenvalue weighted by atomic mass is 16.2. The molecule has 2 aromatic carbocycles. The molecule has 1 amide bonds.